The lowest BCUT2D eigenvalue weighted by Crippen LogP contribution is -2.38. The van der Waals surface area contributed by atoms with Gasteiger partial charge in [0.15, 0.2) is 0 Å². The molecule has 1 unspecified atom stereocenters. The Kier molecular flexibility index (Phi) is 5.85. The number of hydrogen-bond acceptors (Lipinski definition) is 2. The minimum atomic E-state index is -0.730. The number of amides is 2. The lowest BCUT2D eigenvalue weighted by atomic mass is 10.1. The van der Waals surface area contributed by atoms with Crippen LogP contribution in [0.2, 0.25) is 0 Å². The van der Waals surface area contributed by atoms with Gasteiger partial charge in [0.2, 0.25) is 5.91 Å². The largest absolute Gasteiger partial charge is 0.348 e. The molecule has 4 nitrogen and oxygen atoms in total. The van der Waals surface area contributed by atoms with Gasteiger partial charge in [-0.25, -0.2) is 8.78 Å². The number of aryl methyl sites for hydroxylation is 2. The Hall–Kier alpha value is -2.76. The van der Waals surface area contributed by atoms with E-state index in [9.17, 15) is 18.4 Å². The van der Waals surface area contributed by atoms with Crippen molar-refractivity contribution in [2.75, 3.05) is 6.54 Å². The summed E-state index contributed by atoms with van der Waals surface area (Å²) in [6.07, 6.45) is 0. The van der Waals surface area contributed by atoms with Crippen LogP contribution < -0.4 is 10.6 Å². The summed E-state index contributed by atoms with van der Waals surface area (Å²) in [5.74, 6) is -2.24. The summed E-state index contributed by atoms with van der Waals surface area (Å²) in [5.41, 5.74) is 2.70. The van der Waals surface area contributed by atoms with Gasteiger partial charge in [0, 0.05) is 17.2 Å². The molecule has 2 aromatic carbocycles. The van der Waals surface area contributed by atoms with E-state index in [1.807, 2.05) is 19.9 Å². The minimum absolute atomic E-state index is 0.176. The number of rotatable bonds is 5. The molecule has 0 fully saturated rings. The lowest BCUT2D eigenvalue weighted by molar-refractivity contribution is -0.120. The van der Waals surface area contributed by atoms with Crippen LogP contribution in [0.5, 0.6) is 0 Å². The predicted octanol–water partition coefficient (Wildman–Crippen LogP) is 3.19. The third kappa shape index (κ3) is 4.86. The predicted molar refractivity (Wildman–Crippen MR) is 91.2 cm³/mol. The van der Waals surface area contributed by atoms with E-state index in [1.165, 1.54) is 6.07 Å². The number of carbonyl (C=O) groups excluding carboxylic acids is 2. The topological polar surface area (TPSA) is 58.2 Å². The highest BCUT2D eigenvalue weighted by Gasteiger charge is 2.15. The Balaban J connectivity index is 1.91. The van der Waals surface area contributed by atoms with Gasteiger partial charge in [-0.3, -0.25) is 9.59 Å². The maximum absolute atomic E-state index is 13.7. The third-order valence-corrected chi connectivity index (χ3v) is 3.99. The van der Waals surface area contributed by atoms with Crippen LogP contribution >= 0.6 is 0 Å². The zero-order valence-electron chi connectivity index (χ0n) is 14.3. The molecule has 0 aliphatic carbocycles. The monoisotopic (exact) mass is 346 g/mol. The highest BCUT2D eigenvalue weighted by Crippen LogP contribution is 2.17. The molecular weight excluding hydrogens is 326 g/mol. The van der Waals surface area contributed by atoms with Gasteiger partial charge in [-0.05, 0) is 50.1 Å². The molecule has 0 radical (unpaired) electrons. The molecule has 0 bridgehead atoms. The Morgan fingerprint density at radius 3 is 2.40 bits per heavy atom. The fraction of sp³-hybridized carbons (Fsp3) is 0.263. The van der Waals surface area contributed by atoms with Crippen molar-refractivity contribution in [3.63, 3.8) is 0 Å². The molecule has 132 valence electrons. The summed E-state index contributed by atoms with van der Waals surface area (Å²) in [6, 6.07) is 7.80. The molecule has 2 N–H and O–H groups in total. The molecular formula is C19H20F2N2O2. The Morgan fingerprint density at radius 1 is 1.04 bits per heavy atom. The first kappa shape index (κ1) is 18.6. The molecule has 2 amide bonds. The maximum Gasteiger partial charge on any atom is 0.251 e. The van der Waals surface area contributed by atoms with Gasteiger partial charge in [0.1, 0.15) is 11.6 Å². The summed E-state index contributed by atoms with van der Waals surface area (Å²) >= 11 is 0. The van der Waals surface area contributed by atoms with Crippen molar-refractivity contribution >= 4 is 11.8 Å². The fourth-order valence-corrected chi connectivity index (χ4v) is 2.37. The summed E-state index contributed by atoms with van der Waals surface area (Å²) < 4.78 is 26.6. The molecule has 0 heterocycles. The van der Waals surface area contributed by atoms with E-state index in [0.29, 0.717) is 5.56 Å². The van der Waals surface area contributed by atoms with Crippen LogP contribution in [0.3, 0.4) is 0 Å². The maximum atomic E-state index is 13.7. The van der Waals surface area contributed by atoms with Crippen molar-refractivity contribution in [2.45, 2.75) is 26.8 Å². The molecule has 0 saturated heterocycles. The molecule has 0 aliphatic rings. The molecule has 2 aromatic rings. The number of halogens is 2. The van der Waals surface area contributed by atoms with E-state index in [-0.39, 0.29) is 18.0 Å². The highest BCUT2D eigenvalue weighted by molar-refractivity contribution is 5.96. The second kappa shape index (κ2) is 7.88. The van der Waals surface area contributed by atoms with Gasteiger partial charge in [-0.1, -0.05) is 12.1 Å². The van der Waals surface area contributed by atoms with E-state index < -0.39 is 23.6 Å². The molecule has 25 heavy (non-hydrogen) atoms. The van der Waals surface area contributed by atoms with E-state index in [1.54, 1.807) is 19.1 Å². The number of carbonyl (C=O) groups is 2. The second-order valence-corrected chi connectivity index (χ2v) is 5.94. The standard InChI is InChI=1S/C19H20F2N2O2/c1-11-4-5-14(8-12(11)2)19(25)22-10-18(24)23-13(3)16-7-6-15(20)9-17(16)21/h4-9,13H,10H2,1-3H3,(H,22,25)(H,23,24). The first-order valence-electron chi connectivity index (χ1n) is 7.87. The first-order valence-corrected chi connectivity index (χ1v) is 7.87. The zero-order valence-corrected chi connectivity index (χ0v) is 14.3. The Labute approximate surface area is 145 Å². The van der Waals surface area contributed by atoms with Gasteiger partial charge < -0.3 is 10.6 Å². The molecule has 0 saturated carbocycles. The number of benzene rings is 2. The molecule has 1 atom stereocenters. The molecule has 0 aromatic heterocycles. The number of nitrogens with one attached hydrogen (secondary N) is 2. The van der Waals surface area contributed by atoms with E-state index in [0.717, 1.165) is 23.3 Å². The number of hydrogen-bond donors (Lipinski definition) is 2. The quantitative estimate of drug-likeness (QED) is 0.874. The molecule has 0 spiro atoms. The van der Waals surface area contributed by atoms with Gasteiger partial charge in [-0.15, -0.1) is 0 Å². The smallest absolute Gasteiger partial charge is 0.251 e. The van der Waals surface area contributed by atoms with Crippen molar-refractivity contribution < 1.29 is 18.4 Å². The van der Waals surface area contributed by atoms with Crippen molar-refractivity contribution in [1.82, 2.24) is 10.6 Å². The Morgan fingerprint density at radius 2 is 1.76 bits per heavy atom. The second-order valence-electron chi connectivity index (χ2n) is 5.94. The van der Waals surface area contributed by atoms with Crippen molar-refractivity contribution in [2.24, 2.45) is 0 Å². The molecule has 6 heteroatoms. The first-order chi connectivity index (χ1) is 11.8. The average molecular weight is 346 g/mol. The van der Waals surface area contributed by atoms with Crippen LogP contribution in [0, 0.1) is 25.5 Å². The molecule has 2 rings (SSSR count). The van der Waals surface area contributed by atoms with E-state index >= 15 is 0 Å². The van der Waals surface area contributed by atoms with Gasteiger partial charge in [0.05, 0.1) is 12.6 Å². The zero-order chi connectivity index (χ0) is 18.6. The van der Waals surface area contributed by atoms with Gasteiger partial charge in [-0.2, -0.15) is 0 Å². The van der Waals surface area contributed by atoms with Crippen molar-refractivity contribution in [3.8, 4) is 0 Å². The molecule has 0 aliphatic heterocycles. The summed E-state index contributed by atoms with van der Waals surface area (Å²) in [6.45, 7) is 5.19. The van der Waals surface area contributed by atoms with Gasteiger partial charge >= 0.3 is 0 Å². The summed E-state index contributed by atoms with van der Waals surface area (Å²) in [7, 11) is 0. The normalized spacial score (nSPS) is 11.7. The van der Waals surface area contributed by atoms with Crippen LogP contribution in [0.25, 0.3) is 0 Å². The average Bonchev–Trinajstić information content (AvgIpc) is 2.55. The van der Waals surface area contributed by atoms with Crippen LogP contribution in [-0.2, 0) is 4.79 Å². The van der Waals surface area contributed by atoms with Crippen LogP contribution in [0.15, 0.2) is 36.4 Å². The Bertz CT molecular complexity index is 806. The van der Waals surface area contributed by atoms with Crippen molar-refractivity contribution in [1.29, 1.82) is 0 Å². The van der Waals surface area contributed by atoms with Crippen LogP contribution in [0.4, 0.5) is 8.78 Å². The highest BCUT2D eigenvalue weighted by atomic mass is 19.1. The van der Waals surface area contributed by atoms with E-state index in [4.69, 9.17) is 0 Å². The SMILES string of the molecule is Cc1ccc(C(=O)NCC(=O)NC(C)c2ccc(F)cc2F)cc1C. The van der Waals surface area contributed by atoms with Crippen LogP contribution in [0.1, 0.15) is 40.0 Å². The summed E-state index contributed by atoms with van der Waals surface area (Å²) in [4.78, 5) is 24.0. The minimum Gasteiger partial charge on any atom is -0.348 e. The van der Waals surface area contributed by atoms with Gasteiger partial charge in [0.25, 0.3) is 5.91 Å². The fourth-order valence-electron chi connectivity index (χ4n) is 2.37. The van der Waals surface area contributed by atoms with Crippen LogP contribution in [-0.4, -0.2) is 18.4 Å². The lowest BCUT2D eigenvalue weighted by Gasteiger charge is -2.15. The van der Waals surface area contributed by atoms with E-state index in [2.05, 4.69) is 10.6 Å². The third-order valence-electron chi connectivity index (χ3n) is 3.99. The van der Waals surface area contributed by atoms with Crippen molar-refractivity contribution in [3.05, 3.63) is 70.3 Å². The summed E-state index contributed by atoms with van der Waals surface area (Å²) in [5, 5.41) is 5.09.